The van der Waals surface area contributed by atoms with E-state index in [1.54, 1.807) is 13.0 Å². The summed E-state index contributed by atoms with van der Waals surface area (Å²) in [6.45, 7) is 5.70. The molecule has 0 aliphatic heterocycles. The molecule has 0 fully saturated rings. The third-order valence-electron chi connectivity index (χ3n) is 4.39. The minimum Gasteiger partial charge on any atom is -0.478 e. The minimum atomic E-state index is -0.944. The van der Waals surface area contributed by atoms with Gasteiger partial charge in [-0.15, -0.1) is 0 Å². The van der Waals surface area contributed by atoms with Crippen LogP contribution in [0.4, 0.5) is 0 Å². The Balaban J connectivity index is 2.37. The molecule has 24 heavy (non-hydrogen) atoms. The smallest absolute Gasteiger partial charge is 0.335 e. The number of aromatic amines is 1. The molecular weight excluding hydrogens is 302 g/mol. The second kappa shape index (κ2) is 6.13. The lowest BCUT2D eigenvalue weighted by atomic mass is 9.94. The van der Waals surface area contributed by atoms with Gasteiger partial charge in [0.25, 0.3) is 0 Å². The molecule has 0 spiro atoms. The van der Waals surface area contributed by atoms with Crippen molar-refractivity contribution in [2.24, 2.45) is 5.92 Å². The topological polar surface area (TPSA) is 73.3 Å². The van der Waals surface area contributed by atoms with Gasteiger partial charge in [0.05, 0.1) is 17.4 Å². The van der Waals surface area contributed by atoms with Gasteiger partial charge in [0.15, 0.2) is 0 Å². The molecule has 3 N–H and O–H groups in total. The average Bonchev–Trinajstić information content (AvgIpc) is 2.91. The Morgan fingerprint density at radius 1 is 1.12 bits per heavy atom. The summed E-state index contributed by atoms with van der Waals surface area (Å²) < 4.78 is 0. The second-order valence-corrected chi connectivity index (χ2v) is 6.49. The van der Waals surface area contributed by atoms with Gasteiger partial charge in [-0.1, -0.05) is 44.2 Å². The van der Waals surface area contributed by atoms with Crippen LogP contribution < -0.4 is 0 Å². The molecule has 1 unspecified atom stereocenters. The number of hydrogen-bond acceptors (Lipinski definition) is 2. The van der Waals surface area contributed by atoms with E-state index in [9.17, 15) is 15.0 Å². The number of fused-ring (bicyclic) bond motifs is 1. The highest BCUT2D eigenvalue weighted by Gasteiger charge is 2.23. The van der Waals surface area contributed by atoms with Crippen molar-refractivity contribution in [3.05, 3.63) is 59.3 Å². The van der Waals surface area contributed by atoms with Crippen molar-refractivity contribution in [1.29, 1.82) is 0 Å². The van der Waals surface area contributed by atoms with Gasteiger partial charge in [0.2, 0.25) is 0 Å². The first-order chi connectivity index (χ1) is 11.4. The van der Waals surface area contributed by atoms with Gasteiger partial charge in [-0.25, -0.2) is 4.79 Å². The van der Waals surface area contributed by atoms with E-state index in [1.165, 1.54) is 0 Å². The van der Waals surface area contributed by atoms with Crippen molar-refractivity contribution >= 4 is 16.9 Å². The van der Waals surface area contributed by atoms with Crippen LogP contribution in [0, 0.1) is 12.8 Å². The molecule has 0 saturated heterocycles. The standard InChI is InChI=1S/C20H21NO3/c1-11(2)19(22)18-17(13-7-5-4-6-8-13)15-10-14(20(23)24)12(3)9-16(15)21-18/h4-11,19,21-22H,1-3H3,(H,23,24). The maximum Gasteiger partial charge on any atom is 0.335 e. The first kappa shape index (κ1) is 16.3. The van der Waals surface area contributed by atoms with E-state index in [2.05, 4.69) is 4.98 Å². The van der Waals surface area contributed by atoms with Crippen LogP contribution >= 0.6 is 0 Å². The molecule has 2 aromatic carbocycles. The third-order valence-corrected chi connectivity index (χ3v) is 4.39. The molecule has 3 aromatic rings. The lowest BCUT2D eigenvalue weighted by Crippen LogP contribution is -2.07. The molecule has 4 nitrogen and oxygen atoms in total. The van der Waals surface area contributed by atoms with Crippen molar-refractivity contribution in [2.75, 3.05) is 0 Å². The summed E-state index contributed by atoms with van der Waals surface area (Å²) in [5.74, 6) is -0.902. The van der Waals surface area contributed by atoms with Gasteiger partial charge in [-0.3, -0.25) is 0 Å². The maximum atomic E-state index is 11.5. The molecule has 0 radical (unpaired) electrons. The summed E-state index contributed by atoms with van der Waals surface area (Å²) in [6, 6.07) is 13.3. The number of aromatic carboxylic acids is 1. The summed E-state index contributed by atoms with van der Waals surface area (Å²) in [5, 5.41) is 20.9. The lowest BCUT2D eigenvalue weighted by molar-refractivity contribution is 0.0696. The van der Waals surface area contributed by atoms with Crippen molar-refractivity contribution < 1.29 is 15.0 Å². The fraction of sp³-hybridized carbons (Fsp3) is 0.250. The number of aryl methyl sites for hydroxylation is 1. The fourth-order valence-electron chi connectivity index (χ4n) is 3.07. The molecule has 0 aliphatic rings. The highest BCUT2D eigenvalue weighted by Crippen LogP contribution is 2.38. The minimum absolute atomic E-state index is 0.0422. The Bertz CT molecular complexity index is 894. The molecule has 0 bridgehead atoms. The number of carboxylic acid groups (broad SMARTS) is 1. The van der Waals surface area contributed by atoms with Crippen LogP contribution in [-0.2, 0) is 0 Å². The third kappa shape index (κ3) is 2.69. The molecule has 3 rings (SSSR count). The van der Waals surface area contributed by atoms with E-state index in [-0.39, 0.29) is 11.5 Å². The van der Waals surface area contributed by atoms with Crippen LogP contribution in [0.2, 0.25) is 0 Å². The van der Waals surface area contributed by atoms with Crippen LogP contribution in [0.3, 0.4) is 0 Å². The van der Waals surface area contributed by atoms with E-state index in [0.29, 0.717) is 5.56 Å². The SMILES string of the molecule is Cc1cc2[nH]c(C(O)C(C)C)c(-c3ccccc3)c2cc1C(=O)O. The second-order valence-electron chi connectivity index (χ2n) is 6.49. The number of H-pyrrole nitrogens is 1. The van der Waals surface area contributed by atoms with Crippen LogP contribution in [0.15, 0.2) is 42.5 Å². The Labute approximate surface area is 140 Å². The zero-order valence-corrected chi connectivity index (χ0v) is 14.0. The maximum absolute atomic E-state index is 11.5. The summed E-state index contributed by atoms with van der Waals surface area (Å²) in [6.07, 6.45) is -0.652. The molecule has 124 valence electrons. The number of benzene rings is 2. The van der Waals surface area contributed by atoms with E-state index in [1.807, 2.05) is 50.2 Å². The van der Waals surface area contributed by atoms with Crippen molar-refractivity contribution in [1.82, 2.24) is 4.98 Å². The molecule has 1 heterocycles. The predicted molar refractivity (Wildman–Crippen MR) is 95.2 cm³/mol. The molecule has 0 aliphatic carbocycles. The van der Waals surface area contributed by atoms with Gasteiger partial charge in [-0.05, 0) is 36.1 Å². The molecular formula is C20H21NO3. The van der Waals surface area contributed by atoms with Gasteiger partial charge in [0, 0.05) is 16.5 Å². The molecule has 0 amide bonds. The van der Waals surface area contributed by atoms with Crippen molar-refractivity contribution in [2.45, 2.75) is 26.9 Å². The lowest BCUT2D eigenvalue weighted by Gasteiger charge is -2.15. The quantitative estimate of drug-likeness (QED) is 0.660. The van der Waals surface area contributed by atoms with Gasteiger partial charge < -0.3 is 15.2 Å². The van der Waals surface area contributed by atoms with Crippen molar-refractivity contribution in [3.8, 4) is 11.1 Å². The van der Waals surface area contributed by atoms with Crippen LogP contribution in [0.1, 0.15) is 41.6 Å². The average molecular weight is 323 g/mol. The van der Waals surface area contributed by atoms with Crippen LogP contribution in [-0.4, -0.2) is 21.2 Å². The molecule has 1 aromatic heterocycles. The number of nitrogens with one attached hydrogen (secondary N) is 1. The van der Waals surface area contributed by atoms with E-state index >= 15 is 0 Å². The molecule has 0 saturated carbocycles. The number of aliphatic hydroxyl groups is 1. The monoisotopic (exact) mass is 323 g/mol. The number of carboxylic acids is 1. The Kier molecular flexibility index (Phi) is 4.16. The summed E-state index contributed by atoms with van der Waals surface area (Å²) in [4.78, 5) is 14.8. The zero-order valence-electron chi connectivity index (χ0n) is 14.0. The first-order valence-corrected chi connectivity index (χ1v) is 8.03. The Morgan fingerprint density at radius 3 is 2.38 bits per heavy atom. The van der Waals surface area contributed by atoms with Crippen LogP contribution in [0.25, 0.3) is 22.0 Å². The number of hydrogen-bond donors (Lipinski definition) is 3. The summed E-state index contributed by atoms with van der Waals surface area (Å²) in [7, 11) is 0. The van der Waals surface area contributed by atoms with Gasteiger partial charge in [-0.2, -0.15) is 0 Å². The Morgan fingerprint density at radius 2 is 1.79 bits per heavy atom. The predicted octanol–water partition coefficient (Wildman–Crippen LogP) is 4.53. The first-order valence-electron chi connectivity index (χ1n) is 8.03. The van der Waals surface area contributed by atoms with Gasteiger partial charge >= 0.3 is 5.97 Å². The van der Waals surface area contributed by atoms with Crippen LogP contribution in [0.5, 0.6) is 0 Å². The fourth-order valence-corrected chi connectivity index (χ4v) is 3.07. The number of aliphatic hydroxyl groups excluding tert-OH is 1. The van der Waals surface area contributed by atoms with Gasteiger partial charge in [0.1, 0.15) is 0 Å². The number of aromatic nitrogens is 1. The number of carbonyl (C=O) groups is 1. The molecule has 4 heteroatoms. The highest BCUT2D eigenvalue weighted by molar-refractivity contribution is 6.02. The summed E-state index contributed by atoms with van der Waals surface area (Å²) in [5.41, 5.74) is 4.37. The molecule has 1 atom stereocenters. The zero-order chi connectivity index (χ0) is 17.4. The van der Waals surface area contributed by atoms with Crippen molar-refractivity contribution in [3.63, 3.8) is 0 Å². The normalized spacial score (nSPS) is 12.7. The number of rotatable bonds is 4. The Hall–Kier alpha value is -2.59. The summed E-state index contributed by atoms with van der Waals surface area (Å²) >= 11 is 0. The van der Waals surface area contributed by atoms with E-state index in [4.69, 9.17) is 0 Å². The van der Waals surface area contributed by atoms with E-state index < -0.39 is 12.1 Å². The highest BCUT2D eigenvalue weighted by atomic mass is 16.4. The largest absolute Gasteiger partial charge is 0.478 e. The van der Waals surface area contributed by atoms with E-state index in [0.717, 1.165) is 27.7 Å².